The molecule has 1 saturated heterocycles. The van der Waals surface area contributed by atoms with Crippen LogP contribution in [0.5, 0.6) is 0 Å². The molecule has 3 rings (SSSR count). The smallest absolute Gasteiger partial charge is 0.396 e. The van der Waals surface area contributed by atoms with Gasteiger partial charge in [0.1, 0.15) is 5.15 Å². The minimum absolute atomic E-state index is 0.0246. The van der Waals surface area contributed by atoms with Gasteiger partial charge in [0, 0.05) is 38.4 Å². The van der Waals surface area contributed by atoms with E-state index in [0.717, 1.165) is 42.8 Å². The number of aromatic nitrogens is 1. The summed E-state index contributed by atoms with van der Waals surface area (Å²) in [6, 6.07) is 1.69. The largest absolute Gasteiger partial charge is 0.471 e. The van der Waals surface area contributed by atoms with Crippen LogP contribution >= 0.6 is 11.6 Å². The van der Waals surface area contributed by atoms with E-state index in [4.69, 9.17) is 11.6 Å². The van der Waals surface area contributed by atoms with E-state index in [0.29, 0.717) is 29.0 Å². The second-order valence-corrected chi connectivity index (χ2v) is 8.39. The highest BCUT2D eigenvalue weighted by molar-refractivity contribution is 6.29. The van der Waals surface area contributed by atoms with Crippen molar-refractivity contribution in [3.63, 3.8) is 0 Å². The van der Waals surface area contributed by atoms with Crippen LogP contribution in [0.3, 0.4) is 0 Å². The van der Waals surface area contributed by atoms with Crippen LogP contribution < -0.4 is 5.32 Å². The first kappa shape index (κ1) is 22.7. The van der Waals surface area contributed by atoms with Crippen molar-refractivity contribution in [3.8, 4) is 11.8 Å². The van der Waals surface area contributed by atoms with Crippen molar-refractivity contribution in [2.75, 3.05) is 31.6 Å². The van der Waals surface area contributed by atoms with E-state index < -0.39 is 12.1 Å². The normalized spacial score (nSPS) is 24.3. The standard InChI is InChI=1S/C21H25ClF3N3O2/c22-19-9-18(26-10-14-1-3-16(13-29)4-2-14)17(11-27-19)6-5-15-7-8-28(12-15)20(30)21(23,24)25/h9,11,14-16,29H,1-4,7-8,10,12-13H2,(H,26,27). The van der Waals surface area contributed by atoms with Crippen LogP contribution in [0.2, 0.25) is 5.15 Å². The fourth-order valence-electron chi connectivity index (χ4n) is 3.97. The van der Waals surface area contributed by atoms with Crippen molar-refractivity contribution in [2.24, 2.45) is 17.8 Å². The molecule has 1 aromatic rings. The number of amides is 1. The third-order valence-electron chi connectivity index (χ3n) is 5.81. The van der Waals surface area contributed by atoms with Gasteiger partial charge < -0.3 is 15.3 Å². The Morgan fingerprint density at radius 1 is 1.27 bits per heavy atom. The van der Waals surface area contributed by atoms with Crippen LogP contribution in [0.25, 0.3) is 0 Å². The lowest BCUT2D eigenvalue weighted by molar-refractivity contribution is -0.184. The topological polar surface area (TPSA) is 65.5 Å². The zero-order valence-electron chi connectivity index (χ0n) is 16.5. The maximum atomic E-state index is 12.6. The average molecular weight is 444 g/mol. The Morgan fingerprint density at radius 2 is 1.97 bits per heavy atom. The highest BCUT2D eigenvalue weighted by Gasteiger charge is 2.44. The monoisotopic (exact) mass is 443 g/mol. The van der Waals surface area contributed by atoms with Crippen LogP contribution in [0.4, 0.5) is 18.9 Å². The fourth-order valence-corrected chi connectivity index (χ4v) is 4.13. The number of hydrogen-bond acceptors (Lipinski definition) is 4. The van der Waals surface area contributed by atoms with E-state index in [-0.39, 0.29) is 25.6 Å². The summed E-state index contributed by atoms with van der Waals surface area (Å²) in [4.78, 5) is 16.2. The number of rotatable bonds is 4. The molecule has 5 nitrogen and oxygen atoms in total. The van der Waals surface area contributed by atoms with Crippen molar-refractivity contribution >= 4 is 23.2 Å². The number of aliphatic hydroxyl groups excluding tert-OH is 1. The molecular weight excluding hydrogens is 419 g/mol. The van der Waals surface area contributed by atoms with E-state index in [1.54, 1.807) is 12.3 Å². The molecule has 2 aliphatic rings. The lowest BCUT2D eigenvalue weighted by Gasteiger charge is -2.27. The minimum Gasteiger partial charge on any atom is -0.396 e. The highest BCUT2D eigenvalue weighted by atomic mass is 35.5. The van der Waals surface area contributed by atoms with E-state index >= 15 is 0 Å². The number of halogens is 4. The van der Waals surface area contributed by atoms with E-state index in [1.165, 1.54) is 0 Å². The third kappa shape index (κ3) is 6.02. The molecular formula is C21H25ClF3N3O2. The quantitative estimate of drug-likeness (QED) is 0.550. The lowest BCUT2D eigenvalue weighted by atomic mass is 9.82. The Morgan fingerprint density at radius 3 is 2.63 bits per heavy atom. The van der Waals surface area contributed by atoms with Crippen LogP contribution in [0.15, 0.2) is 12.3 Å². The summed E-state index contributed by atoms with van der Waals surface area (Å²) in [6.45, 7) is 1.03. The molecule has 2 fully saturated rings. The van der Waals surface area contributed by atoms with Gasteiger partial charge in [0.05, 0.1) is 11.3 Å². The maximum absolute atomic E-state index is 12.6. The fraction of sp³-hybridized carbons (Fsp3) is 0.619. The van der Waals surface area contributed by atoms with Gasteiger partial charge in [-0.1, -0.05) is 23.4 Å². The van der Waals surface area contributed by atoms with E-state index in [1.807, 2.05) is 0 Å². The summed E-state index contributed by atoms with van der Waals surface area (Å²) in [7, 11) is 0. The molecule has 0 spiro atoms. The van der Waals surface area contributed by atoms with Crippen LogP contribution in [0.1, 0.15) is 37.7 Å². The number of nitrogens with one attached hydrogen (secondary N) is 1. The summed E-state index contributed by atoms with van der Waals surface area (Å²) in [5.74, 6) is 4.76. The van der Waals surface area contributed by atoms with Gasteiger partial charge in [-0.05, 0) is 50.0 Å². The van der Waals surface area contributed by atoms with Gasteiger partial charge in [-0.25, -0.2) is 4.98 Å². The molecule has 1 saturated carbocycles. The predicted molar refractivity (Wildman–Crippen MR) is 108 cm³/mol. The Balaban J connectivity index is 1.60. The van der Waals surface area contributed by atoms with E-state index in [9.17, 15) is 23.1 Å². The predicted octanol–water partition coefficient (Wildman–Crippen LogP) is 3.71. The summed E-state index contributed by atoms with van der Waals surface area (Å²) in [6.07, 6.45) is 1.23. The Labute approximate surface area is 179 Å². The van der Waals surface area contributed by atoms with Crippen molar-refractivity contribution in [3.05, 3.63) is 23.0 Å². The molecule has 1 unspecified atom stereocenters. The second-order valence-electron chi connectivity index (χ2n) is 8.01. The third-order valence-corrected chi connectivity index (χ3v) is 6.01. The number of anilines is 1. The zero-order valence-corrected chi connectivity index (χ0v) is 17.3. The average Bonchev–Trinajstić information content (AvgIpc) is 3.19. The molecule has 1 aliphatic heterocycles. The van der Waals surface area contributed by atoms with Gasteiger partial charge in [0.25, 0.3) is 0 Å². The molecule has 9 heteroatoms. The van der Waals surface area contributed by atoms with Gasteiger partial charge in [0.2, 0.25) is 0 Å². The molecule has 2 heterocycles. The Kier molecular flexibility index (Phi) is 7.48. The summed E-state index contributed by atoms with van der Waals surface area (Å²) >= 11 is 6.02. The zero-order chi connectivity index (χ0) is 21.7. The first-order valence-electron chi connectivity index (χ1n) is 10.1. The molecule has 0 aromatic carbocycles. The summed E-state index contributed by atoms with van der Waals surface area (Å²) in [5, 5.41) is 13.0. The first-order valence-corrected chi connectivity index (χ1v) is 10.5. The Bertz CT molecular complexity index is 814. The van der Waals surface area contributed by atoms with Gasteiger partial charge >= 0.3 is 12.1 Å². The number of aliphatic hydroxyl groups is 1. The SMILES string of the molecule is O=C(N1CCC(C#Cc2cnc(Cl)cc2NCC2CCC(CO)CC2)C1)C(F)(F)F. The van der Waals surface area contributed by atoms with Crippen LogP contribution in [0, 0.1) is 29.6 Å². The van der Waals surface area contributed by atoms with Gasteiger partial charge in [-0.2, -0.15) is 13.2 Å². The minimum atomic E-state index is -4.85. The van der Waals surface area contributed by atoms with Crippen LogP contribution in [-0.2, 0) is 4.79 Å². The molecule has 164 valence electrons. The first-order chi connectivity index (χ1) is 14.3. The summed E-state index contributed by atoms with van der Waals surface area (Å²) in [5.41, 5.74) is 1.37. The molecule has 1 atom stereocenters. The van der Waals surface area contributed by atoms with Crippen LogP contribution in [-0.4, -0.2) is 53.3 Å². The molecule has 1 aromatic heterocycles. The lowest BCUT2D eigenvalue weighted by Crippen LogP contribution is -2.39. The van der Waals surface area contributed by atoms with Gasteiger partial charge in [-0.15, -0.1) is 0 Å². The summed E-state index contributed by atoms with van der Waals surface area (Å²) < 4.78 is 37.7. The number of carbonyl (C=O) groups is 1. The molecule has 0 radical (unpaired) electrons. The van der Waals surface area contributed by atoms with Gasteiger partial charge in [-0.3, -0.25) is 4.79 Å². The van der Waals surface area contributed by atoms with Gasteiger partial charge in [0.15, 0.2) is 0 Å². The van der Waals surface area contributed by atoms with Crippen molar-refractivity contribution < 1.29 is 23.1 Å². The number of hydrogen-bond donors (Lipinski definition) is 2. The Hall–Kier alpha value is -1.98. The number of pyridine rings is 1. The number of likely N-dealkylation sites (tertiary alicyclic amines) is 1. The molecule has 2 N–H and O–H groups in total. The van der Waals surface area contributed by atoms with E-state index in [2.05, 4.69) is 22.1 Å². The highest BCUT2D eigenvalue weighted by Crippen LogP contribution is 2.29. The molecule has 0 bridgehead atoms. The molecule has 30 heavy (non-hydrogen) atoms. The number of alkyl halides is 3. The van der Waals surface area contributed by atoms with Crippen molar-refractivity contribution in [2.45, 2.75) is 38.3 Å². The maximum Gasteiger partial charge on any atom is 0.471 e. The van der Waals surface area contributed by atoms with Crippen molar-refractivity contribution in [1.82, 2.24) is 9.88 Å². The molecule has 1 amide bonds. The molecule has 1 aliphatic carbocycles. The second kappa shape index (κ2) is 9.88. The number of carbonyl (C=O) groups excluding carboxylic acids is 1. The van der Waals surface area contributed by atoms with Crippen molar-refractivity contribution in [1.29, 1.82) is 0 Å². The number of nitrogens with zero attached hydrogens (tertiary/aromatic N) is 2.